The van der Waals surface area contributed by atoms with E-state index in [1.165, 1.54) is 0 Å². The fourth-order valence-electron chi connectivity index (χ4n) is 2.28. The molecule has 0 aliphatic carbocycles. The number of amides is 1. The van der Waals surface area contributed by atoms with E-state index in [0.717, 1.165) is 0 Å². The number of nitrogens with one attached hydrogen (secondary N) is 2. The number of anilines is 1. The van der Waals surface area contributed by atoms with Crippen molar-refractivity contribution in [3.05, 3.63) is 48.8 Å². The van der Waals surface area contributed by atoms with Gasteiger partial charge in [-0.25, -0.2) is 8.78 Å². The zero-order chi connectivity index (χ0) is 16.3. The SMILES string of the molecule is O=C(Nc1ccc(Oc2ccncc2)cc1)C1CC(F)(F)CN1. The highest BCUT2D eigenvalue weighted by molar-refractivity contribution is 5.95. The van der Waals surface area contributed by atoms with Gasteiger partial charge in [0.1, 0.15) is 11.5 Å². The Morgan fingerprint density at radius 1 is 1.17 bits per heavy atom. The van der Waals surface area contributed by atoms with Gasteiger partial charge in [0, 0.05) is 24.5 Å². The van der Waals surface area contributed by atoms with Gasteiger partial charge in [-0.3, -0.25) is 15.1 Å². The second-order valence-electron chi connectivity index (χ2n) is 5.29. The fraction of sp³-hybridized carbons (Fsp3) is 0.250. The number of carbonyl (C=O) groups is 1. The zero-order valence-electron chi connectivity index (χ0n) is 12.1. The Labute approximate surface area is 131 Å². The minimum Gasteiger partial charge on any atom is -0.457 e. The number of ether oxygens (including phenoxy) is 1. The molecule has 1 aliphatic rings. The second-order valence-corrected chi connectivity index (χ2v) is 5.29. The minimum atomic E-state index is -2.83. The third-order valence-corrected chi connectivity index (χ3v) is 3.43. The molecule has 7 heteroatoms. The lowest BCUT2D eigenvalue weighted by molar-refractivity contribution is -0.118. The van der Waals surface area contributed by atoms with Crippen LogP contribution in [0.15, 0.2) is 48.8 Å². The predicted octanol–water partition coefficient (Wildman–Crippen LogP) is 2.81. The van der Waals surface area contributed by atoms with E-state index in [-0.39, 0.29) is 0 Å². The van der Waals surface area contributed by atoms with Crippen LogP contribution in [0.25, 0.3) is 0 Å². The van der Waals surface area contributed by atoms with E-state index >= 15 is 0 Å². The molecule has 0 spiro atoms. The molecule has 1 saturated heterocycles. The summed E-state index contributed by atoms with van der Waals surface area (Å²) in [7, 11) is 0. The van der Waals surface area contributed by atoms with Crippen molar-refractivity contribution in [3.8, 4) is 11.5 Å². The van der Waals surface area contributed by atoms with E-state index < -0.39 is 30.8 Å². The van der Waals surface area contributed by atoms with Gasteiger partial charge in [0.05, 0.1) is 12.6 Å². The van der Waals surface area contributed by atoms with Gasteiger partial charge < -0.3 is 10.1 Å². The van der Waals surface area contributed by atoms with Gasteiger partial charge in [-0.1, -0.05) is 0 Å². The molecule has 1 aromatic heterocycles. The smallest absolute Gasteiger partial charge is 0.262 e. The Hall–Kier alpha value is -2.54. The number of alkyl halides is 2. The number of carbonyl (C=O) groups excluding carboxylic acids is 1. The van der Waals surface area contributed by atoms with Crippen molar-refractivity contribution in [2.45, 2.75) is 18.4 Å². The summed E-state index contributed by atoms with van der Waals surface area (Å²) in [6.07, 6.45) is 2.75. The first-order valence-corrected chi connectivity index (χ1v) is 7.12. The van der Waals surface area contributed by atoms with Crippen molar-refractivity contribution >= 4 is 11.6 Å². The van der Waals surface area contributed by atoms with E-state index in [1.807, 2.05) is 0 Å². The highest BCUT2D eigenvalue weighted by Gasteiger charge is 2.42. The standard InChI is InChI=1S/C16H15F2N3O2/c17-16(18)9-14(20-10-16)15(22)21-11-1-3-12(4-2-11)23-13-5-7-19-8-6-13/h1-8,14,20H,9-10H2,(H,21,22). The molecule has 23 heavy (non-hydrogen) atoms. The van der Waals surface area contributed by atoms with Crippen LogP contribution >= 0.6 is 0 Å². The van der Waals surface area contributed by atoms with Crippen LogP contribution in [0.3, 0.4) is 0 Å². The van der Waals surface area contributed by atoms with Crippen LogP contribution in [0.5, 0.6) is 11.5 Å². The molecule has 2 heterocycles. The molecular formula is C16H15F2N3O2. The minimum absolute atomic E-state index is 0.468. The van der Waals surface area contributed by atoms with Crippen molar-refractivity contribution in [1.82, 2.24) is 10.3 Å². The summed E-state index contributed by atoms with van der Waals surface area (Å²) in [5, 5.41) is 5.13. The van der Waals surface area contributed by atoms with Gasteiger partial charge in [-0.2, -0.15) is 0 Å². The lowest BCUT2D eigenvalue weighted by Crippen LogP contribution is -2.35. The molecule has 120 valence electrons. The normalized spacial score (nSPS) is 19.3. The van der Waals surface area contributed by atoms with Gasteiger partial charge in [-0.05, 0) is 36.4 Å². The summed E-state index contributed by atoms with van der Waals surface area (Å²) in [5.41, 5.74) is 0.522. The molecular weight excluding hydrogens is 304 g/mol. The number of hydrogen-bond donors (Lipinski definition) is 2. The highest BCUT2D eigenvalue weighted by atomic mass is 19.3. The predicted molar refractivity (Wildman–Crippen MR) is 80.7 cm³/mol. The summed E-state index contributed by atoms with van der Waals surface area (Å²) in [4.78, 5) is 15.8. The molecule has 1 aliphatic heterocycles. The fourth-order valence-corrected chi connectivity index (χ4v) is 2.28. The average molecular weight is 319 g/mol. The highest BCUT2D eigenvalue weighted by Crippen LogP contribution is 2.26. The molecule has 0 bridgehead atoms. The maximum absolute atomic E-state index is 13.1. The van der Waals surface area contributed by atoms with Crippen LogP contribution in [0, 0.1) is 0 Å². The number of hydrogen-bond acceptors (Lipinski definition) is 4. The number of pyridine rings is 1. The van der Waals surface area contributed by atoms with Gasteiger partial charge in [0.15, 0.2) is 0 Å². The lowest BCUT2D eigenvalue weighted by atomic mass is 10.2. The maximum Gasteiger partial charge on any atom is 0.262 e. The van der Waals surface area contributed by atoms with E-state index in [1.54, 1.807) is 48.8 Å². The molecule has 5 nitrogen and oxygen atoms in total. The molecule has 1 amide bonds. The molecule has 1 atom stereocenters. The Kier molecular flexibility index (Phi) is 4.20. The van der Waals surface area contributed by atoms with Crippen LogP contribution in [0.1, 0.15) is 6.42 Å². The van der Waals surface area contributed by atoms with Crippen LogP contribution in [-0.4, -0.2) is 29.4 Å². The van der Waals surface area contributed by atoms with E-state index in [0.29, 0.717) is 17.2 Å². The lowest BCUT2D eigenvalue weighted by Gasteiger charge is -2.12. The van der Waals surface area contributed by atoms with Crippen LogP contribution in [-0.2, 0) is 4.79 Å². The van der Waals surface area contributed by atoms with Crippen molar-refractivity contribution in [1.29, 1.82) is 0 Å². The third kappa shape index (κ3) is 4.01. The summed E-state index contributed by atoms with van der Waals surface area (Å²) in [6, 6.07) is 9.25. The first-order chi connectivity index (χ1) is 11.0. The molecule has 1 unspecified atom stereocenters. The van der Waals surface area contributed by atoms with Crippen molar-refractivity contribution in [2.24, 2.45) is 0 Å². The molecule has 3 rings (SSSR count). The van der Waals surface area contributed by atoms with Gasteiger partial charge in [-0.15, -0.1) is 0 Å². The van der Waals surface area contributed by atoms with Gasteiger partial charge in [0.25, 0.3) is 5.92 Å². The van der Waals surface area contributed by atoms with E-state index in [2.05, 4.69) is 15.6 Å². The third-order valence-electron chi connectivity index (χ3n) is 3.43. The Morgan fingerprint density at radius 2 is 1.83 bits per heavy atom. The summed E-state index contributed by atoms with van der Waals surface area (Å²) in [6.45, 7) is -0.468. The first-order valence-electron chi connectivity index (χ1n) is 7.12. The average Bonchev–Trinajstić information content (AvgIpc) is 2.90. The molecule has 2 aromatic rings. The van der Waals surface area contributed by atoms with Crippen molar-refractivity contribution in [3.63, 3.8) is 0 Å². The molecule has 0 radical (unpaired) electrons. The Balaban J connectivity index is 1.58. The van der Waals surface area contributed by atoms with Crippen molar-refractivity contribution in [2.75, 3.05) is 11.9 Å². The number of nitrogens with zero attached hydrogens (tertiary/aromatic N) is 1. The monoisotopic (exact) mass is 319 g/mol. The Morgan fingerprint density at radius 3 is 2.43 bits per heavy atom. The number of benzene rings is 1. The molecule has 1 fully saturated rings. The Bertz CT molecular complexity index is 677. The zero-order valence-corrected chi connectivity index (χ0v) is 12.1. The largest absolute Gasteiger partial charge is 0.457 e. The number of halogens is 2. The van der Waals surface area contributed by atoms with E-state index in [9.17, 15) is 13.6 Å². The number of aromatic nitrogens is 1. The summed E-state index contributed by atoms with van der Waals surface area (Å²) < 4.78 is 31.8. The molecule has 1 aromatic carbocycles. The summed E-state index contributed by atoms with van der Waals surface area (Å²) >= 11 is 0. The second kappa shape index (κ2) is 6.29. The maximum atomic E-state index is 13.1. The topological polar surface area (TPSA) is 63.2 Å². The van der Waals surface area contributed by atoms with Gasteiger partial charge >= 0.3 is 0 Å². The van der Waals surface area contributed by atoms with Crippen molar-refractivity contribution < 1.29 is 18.3 Å². The summed E-state index contributed by atoms with van der Waals surface area (Å²) in [5.74, 6) is -2.05. The first kappa shape index (κ1) is 15.4. The quantitative estimate of drug-likeness (QED) is 0.909. The molecule has 2 N–H and O–H groups in total. The van der Waals surface area contributed by atoms with E-state index in [4.69, 9.17) is 4.74 Å². The van der Waals surface area contributed by atoms with Crippen LogP contribution < -0.4 is 15.4 Å². The van der Waals surface area contributed by atoms with Gasteiger partial charge in [0.2, 0.25) is 5.91 Å². The van der Waals surface area contributed by atoms with Crippen LogP contribution in [0.2, 0.25) is 0 Å². The van der Waals surface area contributed by atoms with Crippen LogP contribution in [0.4, 0.5) is 14.5 Å². The number of rotatable bonds is 4. The molecule has 0 saturated carbocycles.